The lowest BCUT2D eigenvalue weighted by atomic mass is 10.2. The van der Waals surface area contributed by atoms with Gasteiger partial charge in [0.25, 0.3) is 5.91 Å². The van der Waals surface area contributed by atoms with Crippen molar-refractivity contribution >= 4 is 61.6 Å². The zero-order chi connectivity index (χ0) is 17.4. The number of nitrogens with zero attached hydrogens (tertiary/aromatic N) is 3. The molecule has 0 spiro atoms. The van der Waals surface area contributed by atoms with Gasteiger partial charge in [0.1, 0.15) is 0 Å². The lowest BCUT2D eigenvalue weighted by Gasteiger charge is -1.99. The molecule has 1 aromatic heterocycles. The van der Waals surface area contributed by atoms with E-state index < -0.39 is 5.91 Å². The first-order chi connectivity index (χ1) is 11.4. The smallest absolute Gasteiger partial charge is 0.296 e. The minimum atomic E-state index is -0.622. The molecule has 0 radical (unpaired) electrons. The number of carbonyl (C=O) groups excluding carboxylic acids is 1. The van der Waals surface area contributed by atoms with E-state index in [-0.39, 0.29) is 22.2 Å². The van der Waals surface area contributed by atoms with Crippen LogP contribution in [0.1, 0.15) is 10.4 Å². The van der Waals surface area contributed by atoms with Crippen LogP contribution in [0, 0.1) is 0 Å². The van der Waals surface area contributed by atoms with E-state index in [0.29, 0.717) is 10.4 Å². The Balaban J connectivity index is 2.03. The van der Waals surface area contributed by atoms with E-state index in [2.05, 4.69) is 26.2 Å². The highest BCUT2D eigenvalue weighted by atomic mass is 79.9. The maximum Gasteiger partial charge on any atom is 0.296 e. The zero-order valence-electron chi connectivity index (χ0n) is 12.3. The predicted octanol–water partition coefficient (Wildman–Crippen LogP) is 5.88. The fourth-order valence-corrected chi connectivity index (χ4v) is 3.15. The van der Waals surface area contributed by atoms with Crippen molar-refractivity contribution in [2.75, 3.05) is 0 Å². The second-order valence-corrected chi connectivity index (χ2v) is 6.78. The molecule has 8 heteroatoms. The number of halogens is 3. The zero-order valence-corrected chi connectivity index (χ0v) is 15.4. The topological polar surface area (TPSA) is 66.9 Å². The third kappa shape index (κ3) is 3.05. The normalized spacial score (nSPS) is 11.5. The van der Waals surface area contributed by atoms with Crippen molar-refractivity contribution in [2.24, 2.45) is 17.3 Å². The van der Waals surface area contributed by atoms with E-state index in [1.165, 1.54) is 12.1 Å². The summed E-state index contributed by atoms with van der Waals surface area (Å²) in [6, 6.07) is 9.95. The summed E-state index contributed by atoms with van der Waals surface area (Å²) in [6.07, 6.45) is 0. The number of hydrogen-bond acceptors (Lipinski definition) is 3. The molecule has 122 valence electrons. The van der Waals surface area contributed by atoms with Crippen LogP contribution in [0.15, 0.2) is 51.1 Å². The molecule has 0 saturated carbocycles. The van der Waals surface area contributed by atoms with E-state index in [4.69, 9.17) is 23.2 Å². The molecule has 0 fully saturated rings. The highest BCUT2D eigenvalue weighted by molar-refractivity contribution is 9.10. The second-order valence-electron chi connectivity index (χ2n) is 5.02. The van der Waals surface area contributed by atoms with Crippen molar-refractivity contribution in [3.63, 3.8) is 0 Å². The highest BCUT2D eigenvalue weighted by Gasteiger charge is 2.16. The Labute approximate surface area is 155 Å². The largest absolute Gasteiger partial charge is 0.493 e. The lowest BCUT2D eigenvalue weighted by Crippen LogP contribution is -1.94. The molecule has 2 aromatic carbocycles. The van der Waals surface area contributed by atoms with E-state index >= 15 is 0 Å². The monoisotopic (exact) mass is 425 g/mol. The van der Waals surface area contributed by atoms with Crippen molar-refractivity contribution in [3.8, 4) is 5.88 Å². The van der Waals surface area contributed by atoms with Crippen LogP contribution in [0.5, 0.6) is 5.88 Å². The van der Waals surface area contributed by atoms with Gasteiger partial charge in [-0.1, -0.05) is 39.1 Å². The Kier molecular flexibility index (Phi) is 4.62. The number of aromatic nitrogens is 1. The number of benzene rings is 2. The fraction of sp³-hybridized carbons (Fsp3) is 0.0625. The number of rotatable bonds is 2. The maximum atomic E-state index is 12.2. The quantitative estimate of drug-likeness (QED) is 0.520. The summed E-state index contributed by atoms with van der Waals surface area (Å²) >= 11 is 15.2. The first-order valence-electron chi connectivity index (χ1n) is 6.76. The van der Waals surface area contributed by atoms with Crippen molar-refractivity contribution in [2.45, 2.75) is 0 Å². The van der Waals surface area contributed by atoms with Gasteiger partial charge in [0, 0.05) is 21.9 Å². The van der Waals surface area contributed by atoms with E-state index in [1.54, 1.807) is 23.7 Å². The summed E-state index contributed by atoms with van der Waals surface area (Å²) < 4.78 is 2.39. The molecule has 3 rings (SSSR count). The van der Waals surface area contributed by atoms with Crippen molar-refractivity contribution in [1.82, 2.24) is 4.57 Å². The SMILES string of the molecule is Cn1c(O)c(N=NC(=O)c2ccc(Cl)cc2Cl)c2cc(Br)ccc21. The van der Waals surface area contributed by atoms with Gasteiger partial charge >= 0.3 is 0 Å². The summed E-state index contributed by atoms with van der Waals surface area (Å²) in [6.45, 7) is 0. The molecule has 1 heterocycles. The molecule has 3 aromatic rings. The molecule has 24 heavy (non-hydrogen) atoms. The maximum absolute atomic E-state index is 12.2. The number of fused-ring (bicyclic) bond motifs is 1. The van der Waals surface area contributed by atoms with Crippen LogP contribution < -0.4 is 0 Å². The minimum absolute atomic E-state index is 0.0816. The number of azo groups is 1. The third-order valence-corrected chi connectivity index (χ3v) is 4.55. The van der Waals surface area contributed by atoms with Crippen LogP contribution >= 0.6 is 39.1 Å². The molecule has 0 unspecified atom stereocenters. The predicted molar refractivity (Wildman–Crippen MR) is 97.6 cm³/mol. The Morgan fingerprint density at radius 1 is 1.21 bits per heavy atom. The molecule has 0 atom stereocenters. The number of amides is 1. The summed E-state index contributed by atoms with van der Waals surface area (Å²) in [7, 11) is 1.70. The standard InChI is InChI=1S/C16H10BrCl2N3O2/c1-22-13-5-2-8(17)6-11(13)14(16(22)24)20-21-15(23)10-4-3-9(18)7-12(10)19/h2-7,24H,1H3. The van der Waals surface area contributed by atoms with Crippen molar-refractivity contribution in [1.29, 1.82) is 0 Å². The number of carbonyl (C=O) groups is 1. The number of aromatic hydroxyl groups is 1. The molecule has 0 aliphatic rings. The van der Waals surface area contributed by atoms with Crippen molar-refractivity contribution in [3.05, 3.63) is 56.5 Å². The van der Waals surface area contributed by atoms with Gasteiger partial charge in [0.05, 0.1) is 16.1 Å². The van der Waals surface area contributed by atoms with Gasteiger partial charge in [-0.05, 0) is 36.4 Å². The molecular formula is C16H10BrCl2N3O2. The molecular weight excluding hydrogens is 417 g/mol. The molecule has 0 bridgehead atoms. The average molecular weight is 427 g/mol. The highest BCUT2D eigenvalue weighted by Crippen LogP contribution is 2.39. The summed E-state index contributed by atoms with van der Waals surface area (Å²) in [5.74, 6) is -0.704. The Morgan fingerprint density at radius 2 is 1.96 bits per heavy atom. The van der Waals surface area contributed by atoms with Crippen LogP contribution in [-0.4, -0.2) is 15.6 Å². The molecule has 0 aliphatic carbocycles. The van der Waals surface area contributed by atoms with E-state index in [9.17, 15) is 9.90 Å². The molecule has 0 saturated heterocycles. The minimum Gasteiger partial charge on any atom is -0.493 e. The van der Waals surface area contributed by atoms with Crippen LogP contribution in [0.4, 0.5) is 5.69 Å². The molecule has 1 amide bonds. The fourth-order valence-electron chi connectivity index (χ4n) is 2.29. The second kappa shape index (κ2) is 6.55. The summed E-state index contributed by atoms with van der Waals surface area (Å²) in [5.41, 5.74) is 1.17. The number of hydrogen-bond donors (Lipinski definition) is 1. The molecule has 5 nitrogen and oxygen atoms in total. The van der Waals surface area contributed by atoms with Crippen molar-refractivity contribution < 1.29 is 9.90 Å². The van der Waals surface area contributed by atoms with E-state index in [0.717, 1.165) is 9.99 Å². The van der Waals surface area contributed by atoms with Gasteiger partial charge in [-0.2, -0.15) is 0 Å². The summed E-state index contributed by atoms with van der Waals surface area (Å²) in [4.78, 5) is 12.2. The average Bonchev–Trinajstić information content (AvgIpc) is 2.76. The van der Waals surface area contributed by atoms with Crippen LogP contribution in [-0.2, 0) is 7.05 Å². The molecule has 0 aliphatic heterocycles. The van der Waals surface area contributed by atoms with Crippen LogP contribution in [0.25, 0.3) is 10.9 Å². The lowest BCUT2D eigenvalue weighted by molar-refractivity contribution is 0.0995. The van der Waals surface area contributed by atoms with Crippen LogP contribution in [0.3, 0.4) is 0 Å². The molecule has 1 N–H and O–H groups in total. The number of aryl methyl sites for hydroxylation is 1. The Morgan fingerprint density at radius 3 is 2.67 bits per heavy atom. The van der Waals surface area contributed by atoms with E-state index in [1.807, 2.05) is 12.1 Å². The third-order valence-electron chi connectivity index (χ3n) is 3.51. The summed E-state index contributed by atoms with van der Waals surface area (Å²) in [5, 5.41) is 19.1. The van der Waals surface area contributed by atoms with Crippen LogP contribution in [0.2, 0.25) is 10.0 Å². The first-order valence-corrected chi connectivity index (χ1v) is 8.31. The Hall–Kier alpha value is -1.89. The Bertz CT molecular complexity index is 999. The first kappa shape index (κ1) is 17.0. The van der Waals surface area contributed by atoms with Gasteiger partial charge < -0.3 is 9.67 Å². The van der Waals surface area contributed by atoms with Gasteiger partial charge in [0.15, 0.2) is 5.69 Å². The van der Waals surface area contributed by atoms with Gasteiger partial charge in [0.2, 0.25) is 5.88 Å². The van der Waals surface area contributed by atoms with Gasteiger partial charge in [-0.3, -0.25) is 4.79 Å². The van der Waals surface area contributed by atoms with Gasteiger partial charge in [-0.25, -0.2) is 0 Å². The van der Waals surface area contributed by atoms with Gasteiger partial charge in [-0.15, -0.1) is 10.2 Å².